The first kappa shape index (κ1) is 16.6. The Balaban J connectivity index is 2.53. The van der Waals surface area contributed by atoms with E-state index >= 15 is 0 Å². The van der Waals surface area contributed by atoms with Gasteiger partial charge in [-0.2, -0.15) is 29.0 Å². The topological polar surface area (TPSA) is 101 Å². The smallest absolute Gasteiger partial charge is 0.345 e. The first-order chi connectivity index (χ1) is 11.4. The van der Waals surface area contributed by atoms with Gasteiger partial charge >= 0.3 is 6.18 Å². The van der Waals surface area contributed by atoms with Crippen LogP contribution in [-0.4, -0.2) is 9.55 Å². The second-order valence-electron chi connectivity index (χ2n) is 4.41. The molecule has 1 N–H and O–H groups in total. The molecule has 0 bridgehead atoms. The van der Waals surface area contributed by atoms with Crippen molar-refractivity contribution in [3.05, 3.63) is 53.8 Å². The summed E-state index contributed by atoms with van der Waals surface area (Å²) >= 11 is 0. The number of nitrogens with zero attached hydrogens (tertiary/aromatic N) is 5. The number of aromatic nitrogens is 2. The van der Waals surface area contributed by atoms with E-state index in [-0.39, 0.29) is 11.4 Å². The first-order valence-electron chi connectivity index (χ1n) is 6.32. The lowest BCUT2D eigenvalue weighted by Gasteiger charge is -2.15. The van der Waals surface area contributed by atoms with Crippen molar-refractivity contribution in [2.24, 2.45) is 0 Å². The Labute approximate surface area is 134 Å². The van der Waals surface area contributed by atoms with Crippen molar-refractivity contribution in [1.82, 2.24) is 9.55 Å². The van der Waals surface area contributed by atoms with E-state index in [1.165, 1.54) is 47.6 Å². The zero-order valence-corrected chi connectivity index (χ0v) is 11.8. The molecule has 0 saturated heterocycles. The van der Waals surface area contributed by atoms with Gasteiger partial charge < -0.3 is 9.88 Å². The first-order valence-corrected chi connectivity index (χ1v) is 6.32. The molecule has 6 nitrogen and oxygen atoms in total. The minimum atomic E-state index is -4.65. The van der Waals surface area contributed by atoms with E-state index < -0.39 is 23.0 Å². The van der Waals surface area contributed by atoms with E-state index in [0.717, 1.165) is 6.07 Å². The van der Waals surface area contributed by atoms with Crippen molar-refractivity contribution in [3.8, 4) is 23.9 Å². The summed E-state index contributed by atoms with van der Waals surface area (Å²) in [7, 11) is 0. The second-order valence-corrected chi connectivity index (χ2v) is 4.41. The SMILES string of the molecule is N#CC(C#N)=C(C#N)Nc1ccc(-n2ccnc2)c(C(F)(F)F)c1. The third-order valence-electron chi connectivity index (χ3n) is 2.94. The Kier molecular flexibility index (Phi) is 4.53. The second kappa shape index (κ2) is 6.55. The molecule has 1 heterocycles. The highest BCUT2D eigenvalue weighted by molar-refractivity contribution is 5.62. The molecular formula is C15H7F3N6. The molecule has 0 aliphatic rings. The molecule has 0 atom stereocenters. The average molecular weight is 328 g/mol. The molecular weight excluding hydrogens is 321 g/mol. The molecule has 0 aliphatic carbocycles. The molecule has 0 amide bonds. The number of halogens is 3. The predicted molar refractivity (Wildman–Crippen MR) is 76.1 cm³/mol. The number of benzene rings is 1. The normalized spacial score (nSPS) is 10.2. The number of imidazole rings is 1. The highest BCUT2D eigenvalue weighted by atomic mass is 19.4. The van der Waals surface area contributed by atoms with Crippen LogP contribution in [0.25, 0.3) is 5.69 Å². The quantitative estimate of drug-likeness (QED) is 0.872. The average Bonchev–Trinajstić information content (AvgIpc) is 3.08. The molecule has 0 fully saturated rings. The molecule has 2 rings (SSSR count). The molecule has 2 aromatic rings. The van der Waals surface area contributed by atoms with Crippen LogP contribution >= 0.6 is 0 Å². The summed E-state index contributed by atoms with van der Waals surface area (Å²) < 4.78 is 41.1. The highest BCUT2D eigenvalue weighted by Gasteiger charge is 2.34. The zero-order chi connectivity index (χ0) is 17.7. The van der Waals surface area contributed by atoms with Crippen LogP contribution in [0.5, 0.6) is 0 Å². The lowest BCUT2D eigenvalue weighted by molar-refractivity contribution is -0.137. The van der Waals surface area contributed by atoms with E-state index in [4.69, 9.17) is 15.8 Å². The molecule has 1 aromatic heterocycles. The van der Waals surface area contributed by atoms with Gasteiger partial charge in [0.25, 0.3) is 0 Å². The van der Waals surface area contributed by atoms with Crippen LogP contribution in [0.4, 0.5) is 18.9 Å². The van der Waals surface area contributed by atoms with Gasteiger partial charge in [-0.1, -0.05) is 0 Å². The lowest BCUT2D eigenvalue weighted by atomic mass is 10.1. The minimum absolute atomic E-state index is 0.0780. The number of allylic oxidation sites excluding steroid dienone is 2. The fourth-order valence-electron chi connectivity index (χ4n) is 1.90. The van der Waals surface area contributed by atoms with Crippen LogP contribution in [0.1, 0.15) is 5.56 Å². The number of nitrogens with one attached hydrogen (secondary N) is 1. The maximum absolute atomic E-state index is 13.3. The number of nitriles is 3. The molecule has 1 aromatic carbocycles. The maximum atomic E-state index is 13.3. The Morgan fingerprint density at radius 2 is 1.83 bits per heavy atom. The lowest BCUT2D eigenvalue weighted by Crippen LogP contribution is -2.11. The predicted octanol–water partition coefficient (Wildman–Crippen LogP) is 3.13. The van der Waals surface area contributed by atoms with Crippen molar-refractivity contribution in [2.45, 2.75) is 6.18 Å². The van der Waals surface area contributed by atoms with E-state index in [0.29, 0.717) is 0 Å². The van der Waals surface area contributed by atoms with E-state index in [2.05, 4.69) is 10.3 Å². The summed E-state index contributed by atoms with van der Waals surface area (Å²) in [6.45, 7) is 0. The zero-order valence-electron chi connectivity index (χ0n) is 11.8. The van der Waals surface area contributed by atoms with Gasteiger partial charge in [0.2, 0.25) is 0 Å². The van der Waals surface area contributed by atoms with Crippen molar-refractivity contribution in [2.75, 3.05) is 5.32 Å². The third kappa shape index (κ3) is 3.34. The van der Waals surface area contributed by atoms with Gasteiger partial charge in [0, 0.05) is 18.1 Å². The van der Waals surface area contributed by atoms with Gasteiger partial charge in [-0.25, -0.2) is 4.98 Å². The van der Waals surface area contributed by atoms with Gasteiger partial charge in [-0.3, -0.25) is 0 Å². The molecule has 0 radical (unpaired) electrons. The summed E-state index contributed by atoms with van der Waals surface area (Å²) in [6.07, 6.45) is -0.723. The summed E-state index contributed by atoms with van der Waals surface area (Å²) in [4.78, 5) is 3.71. The number of hydrogen-bond donors (Lipinski definition) is 1. The standard InChI is InChI=1S/C15H7F3N6/c16-15(17,18)12-5-11(23-13(8-21)10(6-19)7-20)1-2-14(12)24-4-3-22-9-24/h1-5,9,23H. The maximum Gasteiger partial charge on any atom is 0.418 e. The summed E-state index contributed by atoms with van der Waals surface area (Å²) in [5.74, 6) is 0. The van der Waals surface area contributed by atoms with Crippen molar-refractivity contribution < 1.29 is 13.2 Å². The largest absolute Gasteiger partial charge is 0.418 e. The monoisotopic (exact) mass is 328 g/mol. The van der Waals surface area contributed by atoms with Crippen LogP contribution in [0.15, 0.2) is 48.2 Å². The van der Waals surface area contributed by atoms with Gasteiger partial charge in [0.15, 0.2) is 5.57 Å². The van der Waals surface area contributed by atoms with Crippen molar-refractivity contribution in [3.63, 3.8) is 0 Å². The Morgan fingerprint density at radius 3 is 2.33 bits per heavy atom. The summed E-state index contributed by atoms with van der Waals surface area (Å²) in [5, 5.41) is 28.8. The number of rotatable bonds is 3. The highest BCUT2D eigenvalue weighted by Crippen LogP contribution is 2.35. The van der Waals surface area contributed by atoms with Crippen LogP contribution in [-0.2, 0) is 6.18 Å². The Bertz CT molecular complexity index is 889. The molecule has 118 valence electrons. The van der Waals surface area contributed by atoms with Gasteiger partial charge in [-0.05, 0) is 18.2 Å². The van der Waals surface area contributed by atoms with E-state index in [1.807, 2.05) is 0 Å². The third-order valence-corrected chi connectivity index (χ3v) is 2.94. The van der Waals surface area contributed by atoms with E-state index in [9.17, 15) is 13.2 Å². The molecule has 9 heteroatoms. The fourth-order valence-corrected chi connectivity index (χ4v) is 1.90. The van der Waals surface area contributed by atoms with Gasteiger partial charge in [0.05, 0.1) is 17.6 Å². The number of anilines is 1. The molecule has 0 aliphatic heterocycles. The van der Waals surface area contributed by atoms with Crippen LogP contribution < -0.4 is 5.32 Å². The van der Waals surface area contributed by atoms with Crippen molar-refractivity contribution >= 4 is 5.69 Å². The van der Waals surface area contributed by atoms with Crippen LogP contribution in [0.2, 0.25) is 0 Å². The van der Waals surface area contributed by atoms with Crippen LogP contribution in [0.3, 0.4) is 0 Å². The van der Waals surface area contributed by atoms with E-state index in [1.54, 1.807) is 6.07 Å². The Hall–Kier alpha value is -3.77. The van der Waals surface area contributed by atoms with Gasteiger partial charge in [0.1, 0.15) is 23.9 Å². The fraction of sp³-hybridized carbons (Fsp3) is 0.0667. The molecule has 24 heavy (non-hydrogen) atoms. The molecule has 0 spiro atoms. The Morgan fingerprint density at radius 1 is 1.12 bits per heavy atom. The number of alkyl halides is 3. The van der Waals surface area contributed by atoms with Gasteiger partial charge in [-0.15, -0.1) is 0 Å². The van der Waals surface area contributed by atoms with Crippen molar-refractivity contribution in [1.29, 1.82) is 15.8 Å². The molecule has 0 saturated carbocycles. The molecule has 0 unspecified atom stereocenters. The van der Waals surface area contributed by atoms with Crippen LogP contribution in [0, 0.1) is 34.0 Å². The minimum Gasteiger partial charge on any atom is -0.345 e. The number of hydrogen-bond acceptors (Lipinski definition) is 5. The summed E-state index contributed by atoms with van der Waals surface area (Å²) in [5.41, 5.74) is -2.13. The summed E-state index contributed by atoms with van der Waals surface area (Å²) in [6, 6.07) is 7.87.